The van der Waals surface area contributed by atoms with Crippen LogP contribution in [-0.2, 0) is 6.42 Å². The molecule has 2 amide bonds. The molecule has 0 bridgehead atoms. The Morgan fingerprint density at radius 1 is 1.06 bits per heavy atom. The summed E-state index contributed by atoms with van der Waals surface area (Å²) in [5, 5.41) is 15.9. The van der Waals surface area contributed by atoms with E-state index in [0.717, 1.165) is 40.9 Å². The van der Waals surface area contributed by atoms with Gasteiger partial charge in [0.05, 0.1) is 12.7 Å². The number of carbonyl (C=O) groups excluding carboxylic acids is 1. The van der Waals surface area contributed by atoms with Gasteiger partial charge in [-0.25, -0.2) is 4.79 Å². The zero-order valence-electron chi connectivity index (χ0n) is 18.9. The molecule has 0 heterocycles. The second-order valence-corrected chi connectivity index (χ2v) is 8.06. The summed E-state index contributed by atoms with van der Waals surface area (Å²) >= 11 is 0. The van der Waals surface area contributed by atoms with E-state index in [4.69, 9.17) is 4.74 Å². The van der Waals surface area contributed by atoms with Gasteiger partial charge in [0.1, 0.15) is 11.8 Å². The Bertz CT molecular complexity index is 1230. The second kappa shape index (κ2) is 10.1. The van der Waals surface area contributed by atoms with Crippen molar-refractivity contribution < 1.29 is 9.53 Å². The average Bonchev–Trinajstić information content (AvgIpc) is 3.15. The molecule has 0 spiro atoms. The molecule has 3 aromatic carbocycles. The fourth-order valence-corrected chi connectivity index (χ4v) is 4.36. The predicted octanol–water partition coefficient (Wildman–Crippen LogP) is 6.00. The highest BCUT2D eigenvalue weighted by molar-refractivity contribution is 6.05. The maximum atomic E-state index is 12.2. The number of fused-ring (bicyclic) bond motifs is 1. The van der Waals surface area contributed by atoms with Crippen LogP contribution in [0.5, 0.6) is 5.75 Å². The van der Waals surface area contributed by atoms with Gasteiger partial charge >= 0.3 is 6.03 Å². The van der Waals surface area contributed by atoms with Gasteiger partial charge in [0.2, 0.25) is 0 Å². The quantitative estimate of drug-likeness (QED) is 0.476. The summed E-state index contributed by atoms with van der Waals surface area (Å²) < 4.78 is 5.49. The third kappa shape index (κ3) is 4.75. The molecule has 0 fully saturated rings. The van der Waals surface area contributed by atoms with E-state index in [0.29, 0.717) is 17.8 Å². The molecule has 2 N–H and O–H groups in total. The molecular weight excluding hydrogens is 410 g/mol. The summed E-state index contributed by atoms with van der Waals surface area (Å²) in [5.74, 6) is 0.768. The molecule has 1 unspecified atom stereocenters. The van der Waals surface area contributed by atoms with E-state index in [2.05, 4.69) is 28.8 Å². The molecule has 0 aromatic heterocycles. The van der Waals surface area contributed by atoms with Crippen molar-refractivity contribution >= 4 is 22.9 Å². The number of anilines is 1. The Hall–Kier alpha value is -4.04. The molecule has 0 radical (unpaired) electrons. The van der Waals surface area contributed by atoms with Gasteiger partial charge in [-0.1, -0.05) is 49.4 Å². The van der Waals surface area contributed by atoms with Crippen molar-refractivity contribution in [2.24, 2.45) is 0 Å². The Kier molecular flexibility index (Phi) is 6.75. The fourth-order valence-electron chi connectivity index (χ4n) is 4.36. The van der Waals surface area contributed by atoms with Gasteiger partial charge in [-0.2, -0.15) is 5.26 Å². The summed E-state index contributed by atoms with van der Waals surface area (Å²) in [4.78, 5) is 12.2. The second-order valence-electron chi connectivity index (χ2n) is 8.06. The summed E-state index contributed by atoms with van der Waals surface area (Å²) in [6, 6.07) is 26.1. The molecule has 4 rings (SSSR count). The number of nitrogens with one attached hydrogen (secondary N) is 2. The minimum atomic E-state index is -0.233. The van der Waals surface area contributed by atoms with Gasteiger partial charge in [0, 0.05) is 18.2 Å². The molecule has 3 aromatic rings. The average molecular weight is 438 g/mol. The number of methoxy groups -OCH3 is 1. The first kappa shape index (κ1) is 22.2. The van der Waals surface area contributed by atoms with Crippen LogP contribution in [0.1, 0.15) is 41.5 Å². The standard InChI is InChI=1S/C28H27N3O2/c1-3-14-30-28(32)31-21-11-7-10-20(16-21)27-25(15-19-8-5-4-6-9-19)24-17-22(33-2)12-13-23(24)26(27)18-29/h4-13,16-17,25H,3,14-15H2,1-2H3,(H2,30,31,32). The Labute approximate surface area is 194 Å². The third-order valence-electron chi connectivity index (χ3n) is 5.88. The van der Waals surface area contributed by atoms with Gasteiger partial charge in [0.15, 0.2) is 0 Å². The minimum Gasteiger partial charge on any atom is -0.497 e. The molecule has 0 saturated carbocycles. The van der Waals surface area contributed by atoms with Crippen LogP contribution in [0.15, 0.2) is 72.8 Å². The van der Waals surface area contributed by atoms with Gasteiger partial charge in [-0.15, -0.1) is 0 Å². The molecule has 5 heteroatoms. The number of carbonyl (C=O) groups is 1. The van der Waals surface area contributed by atoms with E-state index in [1.165, 1.54) is 5.56 Å². The predicted molar refractivity (Wildman–Crippen MR) is 132 cm³/mol. The highest BCUT2D eigenvalue weighted by Crippen LogP contribution is 2.49. The van der Waals surface area contributed by atoms with Gasteiger partial charge in [-0.3, -0.25) is 0 Å². The molecule has 1 aliphatic rings. The largest absolute Gasteiger partial charge is 0.497 e. The first-order valence-electron chi connectivity index (χ1n) is 11.2. The van der Waals surface area contributed by atoms with Gasteiger partial charge in [-0.05, 0) is 71.0 Å². The van der Waals surface area contributed by atoms with E-state index < -0.39 is 0 Å². The zero-order chi connectivity index (χ0) is 23.2. The monoisotopic (exact) mass is 437 g/mol. The number of hydrogen-bond acceptors (Lipinski definition) is 3. The van der Waals surface area contributed by atoms with Crippen LogP contribution in [-0.4, -0.2) is 19.7 Å². The topological polar surface area (TPSA) is 74.2 Å². The number of rotatable bonds is 7. The summed E-state index contributed by atoms with van der Waals surface area (Å²) in [6.45, 7) is 2.63. The normalized spacial score (nSPS) is 14.4. The van der Waals surface area contributed by atoms with Gasteiger partial charge in [0.25, 0.3) is 0 Å². The fraction of sp³-hybridized carbons (Fsp3) is 0.214. The van der Waals surface area contributed by atoms with Crippen molar-refractivity contribution in [2.45, 2.75) is 25.7 Å². The van der Waals surface area contributed by atoms with E-state index >= 15 is 0 Å². The molecule has 0 saturated heterocycles. The van der Waals surface area contributed by atoms with Crippen LogP contribution in [0.4, 0.5) is 10.5 Å². The molecule has 0 aliphatic heterocycles. The van der Waals surface area contributed by atoms with Crippen LogP contribution in [0.2, 0.25) is 0 Å². The molecule has 33 heavy (non-hydrogen) atoms. The number of amides is 2. The van der Waals surface area contributed by atoms with E-state index in [9.17, 15) is 10.1 Å². The first-order chi connectivity index (χ1) is 16.1. The lowest BCUT2D eigenvalue weighted by atomic mass is 9.85. The number of nitriles is 1. The van der Waals surface area contributed by atoms with E-state index in [1.54, 1.807) is 7.11 Å². The molecule has 166 valence electrons. The zero-order valence-corrected chi connectivity index (χ0v) is 18.9. The Morgan fingerprint density at radius 3 is 2.61 bits per heavy atom. The van der Waals surface area contributed by atoms with Crippen LogP contribution in [0, 0.1) is 11.3 Å². The maximum absolute atomic E-state index is 12.2. The highest BCUT2D eigenvalue weighted by atomic mass is 16.5. The number of nitrogens with zero attached hydrogens (tertiary/aromatic N) is 1. The minimum absolute atomic E-state index is 0.00341. The Balaban J connectivity index is 1.77. The van der Waals surface area contributed by atoms with Crippen molar-refractivity contribution in [3.8, 4) is 11.8 Å². The number of benzene rings is 3. The van der Waals surface area contributed by atoms with Gasteiger partial charge < -0.3 is 15.4 Å². The SMILES string of the molecule is CCCNC(=O)Nc1cccc(C2=C(C#N)c3ccc(OC)cc3C2Cc2ccccc2)c1. The summed E-state index contributed by atoms with van der Waals surface area (Å²) in [6.07, 6.45) is 1.63. The molecular formula is C28H27N3O2. The summed E-state index contributed by atoms with van der Waals surface area (Å²) in [7, 11) is 1.65. The lowest BCUT2D eigenvalue weighted by molar-refractivity contribution is 0.252. The van der Waals surface area contributed by atoms with Crippen LogP contribution < -0.4 is 15.4 Å². The van der Waals surface area contributed by atoms with E-state index in [-0.39, 0.29) is 11.9 Å². The maximum Gasteiger partial charge on any atom is 0.319 e. The Morgan fingerprint density at radius 2 is 1.88 bits per heavy atom. The van der Waals surface area contributed by atoms with Crippen molar-refractivity contribution in [1.82, 2.24) is 5.32 Å². The van der Waals surface area contributed by atoms with Crippen LogP contribution in [0.25, 0.3) is 11.1 Å². The molecule has 5 nitrogen and oxygen atoms in total. The first-order valence-corrected chi connectivity index (χ1v) is 11.2. The molecule has 1 atom stereocenters. The smallest absolute Gasteiger partial charge is 0.319 e. The van der Waals surface area contributed by atoms with E-state index in [1.807, 2.05) is 67.6 Å². The number of hydrogen-bond donors (Lipinski definition) is 2. The number of allylic oxidation sites excluding steroid dienone is 2. The van der Waals surface area contributed by atoms with Crippen molar-refractivity contribution in [2.75, 3.05) is 19.0 Å². The highest BCUT2D eigenvalue weighted by Gasteiger charge is 2.33. The van der Waals surface area contributed by atoms with Crippen molar-refractivity contribution in [1.29, 1.82) is 5.26 Å². The van der Waals surface area contributed by atoms with Crippen LogP contribution in [0.3, 0.4) is 0 Å². The number of urea groups is 1. The lowest BCUT2D eigenvalue weighted by Crippen LogP contribution is -2.29. The third-order valence-corrected chi connectivity index (χ3v) is 5.88. The number of ether oxygens (including phenoxy) is 1. The lowest BCUT2D eigenvalue weighted by Gasteiger charge is -2.19. The van der Waals surface area contributed by atoms with Crippen molar-refractivity contribution in [3.05, 3.63) is 95.1 Å². The molecule has 1 aliphatic carbocycles. The summed E-state index contributed by atoms with van der Waals surface area (Å²) in [5.41, 5.74) is 6.48. The van der Waals surface area contributed by atoms with Crippen LogP contribution >= 0.6 is 0 Å². The van der Waals surface area contributed by atoms with Crippen molar-refractivity contribution in [3.63, 3.8) is 0 Å².